The molecule has 0 fully saturated rings. The number of rotatable bonds is 1. The predicted octanol–water partition coefficient (Wildman–Crippen LogP) is 3.46. The zero-order valence-electron chi connectivity index (χ0n) is 8.96. The Balaban J connectivity index is 2.40. The third-order valence-corrected chi connectivity index (χ3v) is 2.63. The maximum atomic E-state index is 4.44. The Hall–Kier alpha value is -1.11. The summed E-state index contributed by atoms with van der Waals surface area (Å²) in [5.41, 5.74) is 4.16. The molecule has 0 aromatic carbocycles. The summed E-state index contributed by atoms with van der Waals surface area (Å²) in [7, 11) is 0. The highest BCUT2D eigenvalue weighted by Gasteiger charge is 2.14. The van der Waals surface area contributed by atoms with E-state index in [0.29, 0.717) is 5.92 Å². The summed E-state index contributed by atoms with van der Waals surface area (Å²) in [6, 6.07) is 4.24. The number of allylic oxidation sites excluding steroid dienone is 2. The molecule has 0 radical (unpaired) electrons. The van der Waals surface area contributed by atoms with Gasteiger partial charge < -0.3 is 0 Å². The molecular weight excluding hydrogens is 170 g/mol. The van der Waals surface area contributed by atoms with Crippen molar-refractivity contribution in [2.24, 2.45) is 5.92 Å². The van der Waals surface area contributed by atoms with Gasteiger partial charge in [0.2, 0.25) is 0 Å². The summed E-state index contributed by atoms with van der Waals surface area (Å²) in [6.45, 7) is 4.47. The minimum Gasteiger partial charge on any atom is -0.261 e. The average Bonchev–Trinajstić information content (AvgIpc) is 2.18. The minimum atomic E-state index is 0.635. The Bertz CT molecular complexity index is 350. The molecule has 0 saturated heterocycles. The highest BCUT2D eigenvalue weighted by Crippen LogP contribution is 2.29. The van der Waals surface area contributed by atoms with E-state index in [9.17, 15) is 0 Å². The molecule has 0 unspecified atom stereocenters. The van der Waals surface area contributed by atoms with Crippen molar-refractivity contribution in [3.63, 3.8) is 0 Å². The molecular formula is C13H17N. The lowest BCUT2D eigenvalue weighted by Gasteiger charge is -2.18. The molecule has 0 atom stereocenters. The Morgan fingerprint density at radius 3 is 3.00 bits per heavy atom. The quantitative estimate of drug-likeness (QED) is 0.656. The molecule has 1 aliphatic rings. The van der Waals surface area contributed by atoms with Crippen molar-refractivity contribution in [2.45, 2.75) is 33.1 Å². The molecule has 1 nitrogen and oxygen atoms in total. The smallest absolute Gasteiger partial charge is 0.0478 e. The van der Waals surface area contributed by atoms with Gasteiger partial charge in [0, 0.05) is 11.9 Å². The van der Waals surface area contributed by atoms with Crippen LogP contribution >= 0.6 is 0 Å². The lowest BCUT2D eigenvalue weighted by molar-refractivity contribution is 0.774. The van der Waals surface area contributed by atoms with Crippen LogP contribution in [0.1, 0.15) is 37.9 Å². The third-order valence-electron chi connectivity index (χ3n) is 2.63. The number of hydrogen-bond acceptors (Lipinski definition) is 1. The van der Waals surface area contributed by atoms with E-state index in [0.717, 1.165) is 6.42 Å². The molecule has 0 aliphatic heterocycles. The molecule has 0 N–H and O–H groups in total. The molecule has 1 heterocycles. The van der Waals surface area contributed by atoms with Crippen molar-refractivity contribution in [3.05, 3.63) is 35.7 Å². The summed E-state index contributed by atoms with van der Waals surface area (Å²) < 4.78 is 0. The fraction of sp³-hybridized carbons (Fsp3) is 0.462. The van der Waals surface area contributed by atoms with E-state index >= 15 is 0 Å². The van der Waals surface area contributed by atoms with Gasteiger partial charge in [-0.25, -0.2) is 0 Å². The molecule has 1 aromatic rings. The van der Waals surface area contributed by atoms with E-state index < -0.39 is 0 Å². The first-order valence-electron chi connectivity index (χ1n) is 5.42. The van der Waals surface area contributed by atoms with Crippen molar-refractivity contribution in [1.29, 1.82) is 0 Å². The van der Waals surface area contributed by atoms with Gasteiger partial charge in [0.05, 0.1) is 0 Å². The van der Waals surface area contributed by atoms with Gasteiger partial charge >= 0.3 is 0 Å². The first kappa shape index (κ1) is 9.45. The van der Waals surface area contributed by atoms with E-state index in [-0.39, 0.29) is 0 Å². The fourth-order valence-corrected chi connectivity index (χ4v) is 2.09. The van der Waals surface area contributed by atoms with Crippen LogP contribution in [0.4, 0.5) is 0 Å². The maximum absolute atomic E-state index is 4.44. The summed E-state index contributed by atoms with van der Waals surface area (Å²) in [4.78, 5) is 4.44. The van der Waals surface area contributed by atoms with Gasteiger partial charge in [-0.2, -0.15) is 0 Å². The van der Waals surface area contributed by atoms with Crippen LogP contribution in [-0.4, -0.2) is 4.98 Å². The topological polar surface area (TPSA) is 12.9 Å². The van der Waals surface area contributed by atoms with Crippen LogP contribution in [-0.2, 0) is 6.42 Å². The van der Waals surface area contributed by atoms with Gasteiger partial charge in [0.1, 0.15) is 0 Å². The van der Waals surface area contributed by atoms with E-state index in [4.69, 9.17) is 0 Å². The summed E-state index contributed by atoms with van der Waals surface area (Å²) in [5.74, 6) is 0.635. The SMILES string of the molecule is CC(C)/C=C1\CCCc2ncccc21. The monoisotopic (exact) mass is 187 g/mol. The Kier molecular flexibility index (Phi) is 2.67. The third kappa shape index (κ3) is 1.87. The van der Waals surface area contributed by atoms with Gasteiger partial charge in [0.25, 0.3) is 0 Å². The van der Waals surface area contributed by atoms with Crippen LogP contribution in [0.3, 0.4) is 0 Å². The summed E-state index contributed by atoms with van der Waals surface area (Å²) in [6.07, 6.45) is 7.89. The number of fused-ring (bicyclic) bond motifs is 1. The highest BCUT2D eigenvalue weighted by molar-refractivity contribution is 5.68. The lowest BCUT2D eigenvalue weighted by atomic mass is 9.89. The summed E-state index contributed by atoms with van der Waals surface area (Å²) >= 11 is 0. The standard InChI is InChI=1S/C13H17N/c1-10(2)9-11-5-3-7-13-12(11)6-4-8-14-13/h4,6,8-10H,3,5,7H2,1-2H3/b11-9+. The van der Waals surface area contributed by atoms with Gasteiger partial charge in [-0.3, -0.25) is 4.98 Å². The van der Waals surface area contributed by atoms with Crippen molar-refractivity contribution in [2.75, 3.05) is 0 Å². The molecule has 74 valence electrons. The molecule has 0 saturated carbocycles. The second-order valence-corrected chi connectivity index (χ2v) is 4.29. The van der Waals surface area contributed by atoms with Gasteiger partial charge in [0.15, 0.2) is 0 Å². The normalized spacial score (nSPS) is 18.6. The Labute approximate surface area is 85.9 Å². The lowest BCUT2D eigenvalue weighted by Crippen LogP contribution is -2.04. The van der Waals surface area contributed by atoms with Gasteiger partial charge in [-0.15, -0.1) is 0 Å². The van der Waals surface area contributed by atoms with E-state index in [1.165, 1.54) is 29.7 Å². The molecule has 1 aromatic heterocycles. The largest absolute Gasteiger partial charge is 0.261 e. The Morgan fingerprint density at radius 2 is 2.21 bits per heavy atom. The second-order valence-electron chi connectivity index (χ2n) is 4.29. The maximum Gasteiger partial charge on any atom is 0.0478 e. The number of nitrogens with zero attached hydrogens (tertiary/aromatic N) is 1. The number of hydrogen-bond donors (Lipinski definition) is 0. The first-order valence-corrected chi connectivity index (χ1v) is 5.42. The van der Waals surface area contributed by atoms with Crippen LogP contribution in [0.15, 0.2) is 24.4 Å². The van der Waals surface area contributed by atoms with Crippen LogP contribution in [0.2, 0.25) is 0 Å². The number of aryl methyl sites for hydroxylation is 1. The van der Waals surface area contributed by atoms with Crippen LogP contribution in [0.5, 0.6) is 0 Å². The summed E-state index contributed by atoms with van der Waals surface area (Å²) in [5, 5.41) is 0. The molecule has 0 spiro atoms. The number of aromatic nitrogens is 1. The van der Waals surface area contributed by atoms with Crippen molar-refractivity contribution < 1.29 is 0 Å². The van der Waals surface area contributed by atoms with E-state index in [2.05, 4.69) is 31.0 Å². The highest BCUT2D eigenvalue weighted by atomic mass is 14.7. The molecule has 1 aliphatic carbocycles. The van der Waals surface area contributed by atoms with Crippen LogP contribution < -0.4 is 0 Å². The first-order chi connectivity index (χ1) is 6.77. The number of pyridine rings is 1. The van der Waals surface area contributed by atoms with Gasteiger partial charge in [-0.1, -0.05) is 26.0 Å². The van der Waals surface area contributed by atoms with Crippen molar-refractivity contribution >= 4 is 5.57 Å². The van der Waals surface area contributed by atoms with E-state index in [1.54, 1.807) is 0 Å². The molecule has 2 rings (SSSR count). The van der Waals surface area contributed by atoms with Gasteiger partial charge in [-0.05, 0) is 42.4 Å². The van der Waals surface area contributed by atoms with Crippen molar-refractivity contribution in [3.8, 4) is 0 Å². The predicted molar refractivity (Wildman–Crippen MR) is 60.0 cm³/mol. The zero-order valence-corrected chi connectivity index (χ0v) is 8.96. The molecule has 1 heteroatoms. The van der Waals surface area contributed by atoms with Crippen molar-refractivity contribution in [1.82, 2.24) is 4.98 Å². The minimum absolute atomic E-state index is 0.635. The van der Waals surface area contributed by atoms with Crippen LogP contribution in [0, 0.1) is 5.92 Å². The molecule has 0 amide bonds. The second kappa shape index (κ2) is 3.95. The average molecular weight is 187 g/mol. The zero-order chi connectivity index (χ0) is 9.97. The van der Waals surface area contributed by atoms with Crippen LogP contribution in [0.25, 0.3) is 5.57 Å². The van der Waals surface area contributed by atoms with E-state index in [1.807, 2.05) is 12.3 Å². The fourth-order valence-electron chi connectivity index (χ4n) is 2.09. The molecule has 14 heavy (non-hydrogen) atoms. The Morgan fingerprint density at radius 1 is 1.36 bits per heavy atom. The molecule has 0 bridgehead atoms.